The van der Waals surface area contributed by atoms with Gasteiger partial charge in [-0.25, -0.2) is 4.98 Å². The van der Waals surface area contributed by atoms with Crippen molar-refractivity contribution in [3.8, 4) is 0 Å². The maximum Gasteiger partial charge on any atom is 0.251 e. The van der Waals surface area contributed by atoms with E-state index in [-0.39, 0.29) is 18.1 Å². The van der Waals surface area contributed by atoms with Crippen molar-refractivity contribution in [3.05, 3.63) is 47.8 Å². The van der Waals surface area contributed by atoms with Crippen molar-refractivity contribution in [1.29, 1.82) is 0 Å². The van der Waals surface area contributed by atoms with Crippen LogP contribution in [0.2, 0.25) is 0 Å². The number of hydrogen-bond acceptors (Lipinski definition) is 4. The average Bonchev–Trinajstić information content (AvgIpc) is 3.25. The standard InChI is InChI=1S/C18H23N3O2S/c1-13(16-7-4-10-23-16)20-17(22)15-6-3-5-14(11-15)12-24-18-19-8-9-21(18)2/h3,5-6,8-9,11,13,16H,4,7,10,12H2,1-2H3,(H,20,22)/t13-,16+/m0/s1. The predicted octanol–water partition coefficient (Wildman–Crippen LogP) is 3.01. The molecule has 1 aromatic heterocycles. The van der Waals surface area contributed by atoms with E-state index >= 15 is 0 Å². The molecule has 1 saturated heterocycles. The molecule has 2 heterocycles. The second-order valence-corrected chi connectivity index (χ2v) is 7.07. The van der Waals surface area contributed by atoms with Crippen LogP contribution in [0.15, 0.2) is 41.8 Å². The summed E-state index contributed by atoms with van der Waals surface area (Å²) in [7, 11) is 1.98. The van der Waals surface area contributed by atoms with Crippen LogP contribution in [0.3, 0.4) is 0 Å². The zero-order valence-electron chi connectivity index (χ0n) is 14.1. The second kappa shape index (κ2) is 7.85. The summed E-state index contributed by atoms with van der Waals surface area (Å²) >= 11 is 1.66. The first-order chi connectivity index (χ1) is 11.6. The van der Waals surface area contributed by atoms with Gasteiger partial charge in [0.25, 0.3) is 5.91 Å². The maximum atomic E-state index is 12.5. The van der Waals surface area contributed by atoms with Crippen molar-refractivity contribution in [2.24, 2.45) is 7.05 Å². The van der Waals surface area contributed by atoms with E-state index in [1.54, 1.807) is 18.0 Å². The summed E-state index contributed by atoms with van der Waals surface area (Å²) in [6.45, 7) is 2.80. The van der Waals surface area contributed by atoms with E-state index in [1.165, 1.54) is 0 Å². The Bertz CT molecular complexity index is 695. The summed E-state index contributed by atoms with van der Waals surface area (Å²) in [6.07, 6.45) is 5.94. The van der Waals surface area contributed by atoms with Gasteiger partial charge in [-0.15, -0.1) is 0 Å². The molecule has 3 rings (SSSR count). The number of aromatic nitrogens is 2. The molecular formula is C18H23N3O2S. The molecule has 1 aliphatic heterocycles. The molecule has 0 bridgehead atoms. The number of carbonyl (C=O) groups is 1. The first-order valence-corrected chi connectivity index (χ1v) is 9.23. The first-order valence-electron chi connectivity index (χ1n) is 8.25. The van der Waals surface area contributed by atoms with Crippen LogP contribution in [0.4, 0.5) is 0 Å². The van der Waals surface area contributed by atoms with Crippen LogP contribution in [0.5, 0.6) is 0 Å². The van der Waals surface area contributed by atoms with Crippen LogP contribution in [-0.2, 0) is 17.5 Å². The van der Waals surface area contributed by atoms with Gasteiger partial charge >= 0.3 is 0 Å². The number of amides is 1. The number of ether oxygens (including phenoxy) is 1. The Labute approximate surface area is 146 Å². The Balaban J connectivity index is 1.59. The molecule has 6 heteroatoms. The fourth-order valence-electron chi connectivity index (χ4n) is 2.82. The van der Waals surface area contributed by atoms with E-state index in [1.807, 2.05) is 49.0 Å². The quantitative estimate of drug-likeness (QED) is 0.818. The third-order valence-electron chi connectivity index (χ3n) is 4.22. The zero-order valence-corrected chi connectivity index (χ0v) is 14.9. The largest absolute Gasteiger partial charge is 0.376 e. The van der Waals surface area contributed by atoms with Gasteiger partial charge in [0.05, 0.1) is 12.1 Å². The number of thioether (sulfide) groups is 1. The normalized spacial score (nSPS) is 18.5. The van der Waals surface area contributed by atoms with Gasteiger partial charge in [0.1, 0.15) is 0 Å². The summed E-state index contributed by atoms with van der Waals surface area (Å²) in [5.74, 6) is 0.745. The molecular weight excluding hydrogens is 322 g/mol. The van der Waals surface area contributed by atoms with Crippen LogP contribution in [0.1, 0.15) is 35.7 Å². The Kier molecular flexibility index (Phi) is 5.58. The summed E-state index contributed by atoms with van der Waals surface area (Å²) in [5.41, 5.74) is 1.80. The van der Waals surface area contributed by atoms with E-state index in [9.17, 15) is 4.79 Å². The zero-order chi connectivity index (χ0) is 16.9. The molecule has 1 aromatic carbocycles. The number of hydrogen-bond donors (Lipinski definition) is 1. The highest BCUT2D eigenvalue weighted by atomic mass is 32.2. The lowest BCUT2D eigenvalue weighted by molar-refractivity contribution is 0.0712. The first kappa shape index (κ1) is 17.0. The molecule has 1 aliphatic rings. The molecule has 0 spiro atoms. The van der Waals surface area contributed by atoms with Crippen molar-refractivity contribution < 1.29 is 9.53 Å². The van der Waals surface area contributed by atoms with Crippen LogP contribution in [0.25, 0.3) is 0 Å². The highest BCUT2D eigenvalue weighted by molar-refractivity contribution is 7.98. The summed E-state index contributed by atoms with van der Waals surface area (Å²) in [6, 6.07) is 7.81. The van der Waals surface area contributed by atoms with Gasteiger partial charge in [-0.1, -0.05) is 23.9 Å². The lowest BCUT2D eigenvalue weighted by atomic mass is 10.1. The monoisotopic (exact) mass is 345 g/mol. The van der Waals surface area contributed by atoms with Crippen molar-refractivity contribution in [2.45, 2.75) is 42.8 Å². The van der Waals surface area contributed by atoms with Crippen LogP contribution in [-0.4, -0.2) is 34.2 Å². The predicted molar refractivity (Wildman–Crippen MR) is 95.1 cm³/mol. The van der Waals surface area contributed by atoms with Crippen molar-refractivity contribution >= 4 is 17.7 Å². The van der Waals surface area contributed by atoms with Crippen molar-refractivity contribution in [3.63, 3.8) is 0 Å². The number of nitrogens with one attached hydrogen (secondary N) is 1. The molecule has 1 N–H and O–H groups in total. The number of rotatable bonds is 6. The van der Waals surface area contributed by atoms with Gasteiger partial charge in [0.15, 0.2) is 5.16 Å². The molecule has 5 nitrogen and oxygen atoms in total. The van der Waals surface area contributed by atoms with Crippen LogP contribution in [0, 0.1) is 0 Å². The van der Waals surface area contributed by atoms with Crippen molar-refractivity contribution in [1.82, 2.24) is 14.9 Å². The molecule has 128 valence electrons. The van der Waals surface area contributed by atoms with E-state index < -0.39 is 0 Å². The molecule has 0 saturated carbocycles. The lowest BCUT2D eigenvalue weighted by Crippen LogP contribution is -2.40. The number of carbonyl (C=O) groups excluding carboxylic acids is 1. The van der Waals surface area contributed by atoms with Gasteiger partial charge in [0.2, 0.25) is 0 Å². The summed E-state index contributed by atoms with van der Waals surface area (Å²) in [5, 5.41) is 4.03. The Hall–Kier alpha value is -1.79. The molecule has 1 fully saturated rings. The van der Waals surface area contributed by atoms with Gasteiger partial charge in [-0.05, 0) is 37.5 Å². The van der Waals surface area contributed by atoms with Crippen LogP contribution >= 0.6 is 11.8 Å². The second-order valence-electron chi connectivity index (χ2n) is 6.12. The smallest absolute Gasteiger partial charge is 0.251 e. The fourth-order valence-corrected chi connectivity index (χ4v) is 3.70. The fraction of sp³-hybridized carbons (Fsp3) is 0.444. The summed E-state index contributed by atoms with van der Waals surface area (Å²) in [4.78, 5) is 16.8. The number of nitrogens with zero attached hydrogens (tertiary/aromatic N) is 2. The Morgan fingerprint density at radius 3 is 3.12 bits per heavy atom. The third kappa shape index (κ3) is 4.19. The van der Waals surface area contributed by atoms with E-state index in [0.29, 0.717) is 5.56 Å². The lowest BCUT2D eigenvalue weighted by Gasteiger charge is -2.20. The number of imidazole rings is 1. The van der Waals surface area contributed by atoms with Gasteiger partial charge in [-0.2, -0.15) is 0 Å². The van der Waals surface area contributed by atoms with Crippen LogP contribution < -0.4 is 5.32 Å². The van der Waals surface area contributed by atoms with E-state index in [0.717, 1.165) is 35.9 Å². The minimum absolute atomic E-state index is 0.0330. The highest BCUT2D eigenvalue weighted by Gasteiger charge is 2.24. The highest BCUT2D eigenvalue weighted by Crippen LogP contribution is 2.21. The SMILES string of the molecule is C[C@H](NC(=O)c1cccc(CSc2nccn2C)c1)[C@H]1CCCO1. The average molecular weight is 345 g/mol. The van der Waals surface area contributed by atoms with Gasteiger partial charge in [0, 0.05) is 37.4 Å². The molecule has 1 amide bonds. The Morgan fingerprint density at radius 2 is 2.42 bits per heavy atom. The van der Waals surface area contributed by atoms with E-state index in [4.69, 9.17) is 4.74 Å². The number of aryl methyl sites for hydroxylation is 1. The minimum Gasteiger partial charge on any atom is -0.376 e. The topological polar surface area (TPSA) is 56.2 Å². The molecule has 0 unspecified atom stereocenters. The third-order valence-corrected chi connectivity index (χ3v) is 5.34. The molecule has 2 atom stereocenters. The molecule has 24 heavy (non-hydrogen) atoms. The number of benzene rings is 1. The maximum absolute atomic E-state index is 12.5. The summed E-state index contributed by atoms with van der Waals surface area (Å²) < 4.78 is 7.63. The minimum atomic E-state index is -0.0400. The molecule has 0 radical (unpaired) electrons. The van der Waals surface area contributed by atoms with E-state index in [2.05, 4.69) is 10.3 Å². The molecule has 2 aromatic rings. The van der Waals surface area contributed by atoms with Gasteiger partial charge < -0.3 is 14.6 Å². The molecule has 0 aliphatic carbocycles. The van der Waals surface area contributed by atoms with Crippen molar-refractivity contribution in [2.75, 3.05) is 6.61 Å². The van der Waals surface area contributed by atoms with Gasteiger partial charge in [-0.3, -0.25) is 4.79 Å². The Morgan fingerprint density at radius 1 is 1.54 bits per heavy atom.